The molecule has 2 aromatic rings. The first-order valence-corrected chi connectivity index (χ1v) is 10.1. The van der Waals surface area contributed by atoms with E-state index in [1.165, 1.54) is 12.8 Å². The number of piperidine rings is 1. The molecule has 2 aliphatic rings. The van der Waals surface area contributed by atoms with Crippen LogP contribution in [0.15, 0.2) is 48.5 Å². The lowest BCUT2D eigenvalue weighted by Crippen LogP contribution is -2.45. The molecule has 1 aliphatic carbocycles. The number of carbonyl (C=O) groups is 1. The summed E-state index contributed by atoms with van der Waals surface area (Å²) in [4.78, 5) is 14.7. The van der Waals surface area contributed by atoms with E-state index in [4.69, 9.17) is 16.3 Å². The van der Waals surface area contributed by atoms with E-state index in [-0.39, 0.29) is 5.91 Å². The number of amides is 1. The Morgan fingerprint density at radius 1 is 1.04 bits per heavy atom. The molecule has 1 amide bonds. The van der Waals surface area contributed by atoms with Crippen molar-refractivity contribution in [2.24, 2.45) is 5.92 Å². The summed E-state index contributed by atoms with van der Waals surface area (Å²) in [7, 11) is 0. The van der Waals surface area contributed by atoms with Gasteiger partial charge in [-0.1, -0.05) is 17.7 Å². The molecule has 0 spiro atoms. The Hall–Kier alpha value is -2.04. The van der Waals surface area contributed by atoms with Crippen LogP contribution in [-0.2, 0) is 0 Å². The van der Waals surface area contributed by atoms with E-state index in [0.717, 1.165) is 38.4 Å². The summed E-state index contributed by atoms with van der Waals surface area (Å²) in [6.07, 6.45) is 4.82. The third-order valence-electron chi connectivity index (χ3n) is 5.31. The molecule has 0 aromatic heterocycles. The zero-order valence-electron chi connectivity index (χ0n) is 15.4. The molecule has 142 valence electrons. The van der Waals surface area contributed by atoms with Crippen molar-refractivity contribution in [3.63, 3.8) is 0 Å². The van der Waals surface area contributed by atoms with Crippen LogP contribution in [0.25, 0.3) is 0 Å². The lowest BCUT2D eigenvalue weighted by atomic mass is 10.0. The summed E-state index contributed by atoms with van der Waals surface area (Å²) in [6.45, 7) is 2.79. The molecule has 2 aromatic carbocycles. The summed E-state index contributed by atoms with van der Waals surface area (Å²) in [5, 5.41) is 4.29. The molecule has 0 bridgehead atoms. The number of ether oxygens (including phenoxy) is 1. The molecule has 1 saturated heterocycles. The van der Waals surface area contributed by atoms with Crippen LogP contribution in [0.3, 0.4) is 0 Å². The lowest BCUT2D eigenvalue weighted by Gasteiger charge is -2.32. The number of hydrogen-bond acceptors (Lipinski definition) is 3. The molecule has 1 N–H and O–H groups in total. The molecular weight excluding hydrogens is 360 g/mol. The van der Waals surface area contributed by atoms with Crippen LogP contribution in [0.2, 0.25) is 5.02 Å². The van der Waals surface area contributed by atoms with E-state index >= 15 is 0 Å². The Labute approximate surface area is 165 Å². The maximum absolute atomic E-state index is 12.7. The van der Waals surface area contributed by atoms with Gasteiger partial charge in [-0.05, 0) is 80.6 Å². The predicted molar refractivity (Wildman–Crippen MR) is 108 cm³/mol. The number of nitrogens with one attached hydrogen (secondary N) is 1. The molecule has 0 atom stereocenters. The maximum Gasteiger partial charge on any atom is 0.253 e. The van der Waals surface area contributed by atoms with Crippen molar-refractivity contribution in [3.05, 3.63) is 59.1 Å². The van der Waals surface area contributed by atoms with Gasteiger partial charge in [0.05, 0.1) is 0 Å². The minimum atomic E-state index is 0.102. The van der Waals surface area contributed by atoms with Crippen LogP contribution < -0.4 is 10.1 Å². The molecule has 5 heteroatoms. The Morgan fingerprint density at radius 2 is 1.78 bits per heavy atom. The van der Waals surface area contributed by atoms with Gasteiger partial charge in [0, 0.05) is 29.7 Å². The van der Waals surface area contributed by atoms with Gasteiger partial charge < -0.3 is 15.0 Å². The first-order chi connectivity index (χ1) is 13.2. The van der Waals surface area contributed by atoms with Crippen molar-refractivity contribution in [3.8, 4) is 11.5 Å². The molecule has 0 unspecified atom stereocenters. The Morgan fingerprint density at radius 3 is 2.44 bits per heavy atom. The topological polar surface area (TPSA) is 41.6 Å². The first kappa shape index (κ1) is 18.3. The predicted octanol–water partition coefficient (Wildman–Crippen LogP) is 4.74. The molecule has 1 aliphatic heterocycles. The zero-order valence-corrected chi connectivity index (χ0v) is 16.1. The van der Waals surface area contributed by atoms with Gasteiger partial charge in [0.15, 0.2) is 0 Å². The number of carbonyl (C=O) groups excluding carboxylic acids is 1. The average Bonchev–Trinajstić information content (AvgIpc) is 3.51. The van der Waals surface area contributed by atoms with Gasteiger partial charge in [-0.15, -0.1) is 0 Å². The highest BCUT2D eigenvalue weighted by Gasteiger charge is 2.26. The summed E-state index contributed by atoms with van der Waals surface area (Å²) < 4.78 is 5.79. The number of benzene rings is 2. The van der Waals surface area contributed by atoms with E-state index in [1.807, 2.05) is 41.3 Å². The molecule has 1 saturated carbocycles. The van der Waals surface area contributed by atoms with E-state index in [1.54, 1.807) is 12.1 Å². The van der Waals surface area contributed by atoms with E-state index < -0.39 is 0 Å². The fraction of sp³-hybridized carbons (Fsp3) is 0.409. The van der Waals surface area contributed by atoms with Crippen molar-refractivity contribution < 1.29 is 9.53 Å². The highest BCUT2D eigenvalue weighted by molar-refractivity contribution is 6.30. The molecule has 4 rings (SSSR count). The highest BCUT2D eigenvalue weighted by Crippen LogP contribution is 2.28. The molecule has 2 fully saturated rings. The standard InChI is InChI=1S/C22H25ClN2O2/c23-18-2-1-3-21(14-18)27-20-8-6-17(7-9-20)22(26)25-12-10-19(11-13-25)24-15-16-4-5-16/h1-3,6-9,14,16,19,24H,4-5,10-13,15H2. The first-order valence-electron chi connectivity index (χ1n) is 9.73. The third-order valence-corrected chi connectivity index (χ3v) is 5.54. The van der Waals surface area contributed by atoms with E-state index in [0.29, 0.717) is 28.1 Å². The normalized spacial score (nSPS) is 17.7. The Balaban J connectivity index is 1.30. The Kier molecular flexibility index (Phi) is 5.65. The van der Waals surface area contributed by atoms with Gasteiger partial charge in [0.1, 0.15) is 11.5 Å². The van der Waals surface area contributed by atoms with Crippen LogP contribution in [0.1, 0.15) is 36.0 Å². The summed E-state index contributed by atoms with van der Waals surface area (Å²) >= 11 is 5.98. The van der Waals surface area contributed by atoms with Crippen molar-refractivity contribution in [2.45, 2.75) is 31.7 Å². The number of likely N-dealkylation sites (tertiary alicyclic amines) is 1. The largest absolute Gasteiger partial charge is 0.457 e. The van der Waals surface area contributed by atoms with Crippen LogP contribution >= 0.6 is 11.6 Å². The molecule has 1 heterocycles. The quantitative estimate of drug-likeness (QED) is 0.782. The van der Waals surface area contributed by atoms with Crippen molar-refractivity contribution in [1.82, 2.24) is 10.2 Å². The SMILES string of the molecule is O=C(c1ccc(Oc2cccc(Cl)c2)cc1)N1CCC(NCC2CC2)CC1. The zero-order chi connectivity index (χ0) is 18.6. The van der Waals surface area contributed by atoms with Gasteiger partial charge in [-0.3, -0.25) is 4.79 Å². The number of hydrogen-bond donors (Lipinski definition) is 1. The molecular formula is C22H25ClN2O2. The van der Waals surface area contributed by atoms with Crippen LogP contribution in [-0.4, -0.2) is 36.5 Å². The van der Waals surface area contributed by atoms with E-state index in [9.17, 15) is 4.79 Å². The lowest BCUT2D eigenvalue weighted by molar-refractivity contribution is 0.0705. The molecule has 4 nitrogen and oxygen atoms in total. The highest BCUT2D eigenvalue weighted by atomic mass is 35.5. The smallest absolute Gasteiger partial charge is 0.253 e. The third kappa shape index (κ3) is 5.02. The second-order valence-corrected chi connectivity index (χ2v) is 7.94. The number of rotatable bonds is 6. The van der Waals surface area contributed by atoms with Gasteiger partial charge in [0.25, 0.3) is 5.91 Å². The summed E-state index contributed by atoms with van der Waals surface area (Å²) in [6, 6.07) is 15.2. The minimum Gasteiger partial charge on any atom is -0.457 e. The number of nitrogens with zero attached hydrogens (tertiary/aromatic N) is 1. The molecule has 0 radical (unpaired) electrons. The fourth-order valence-electron chi connectivity index (χ4n) is 3.46. The summed E-state index contributed by atoms with van der Waals surface area (Å²) in [5.74, 6) is 2.38. The number of halogens is 1. The van der Waals surface area contributed by atoms with Crippen molar-refractivity contribution >= 4 is 17.5 Å². The fourth-order valence-corrected chi connectivity index (χ4v) is 3.64. The minimum absolute atomic E-state index is 0.102. The molecule has 27 heavy (non-hydrogen) atoms. The monoisotopic (exact) mass is 384 g/mol. The van der Waals surface area contributed by atoms with Gasteiger partial charge in [-0.25, -0.2) is 0 Å². The van der Waals surface area contributed by atoms with Crippen LogP contribution in [0.5, 0.6) is 11.5 Å². The van der Waals surface area contributed by atoms with E-state index in [2.05, 4.69) is 5.32 Å². The van der Waals surface area contributed by atoms with Gasteiger partial charge in [-0.2, -0.15) is 0 Å². The van der Waals surface area contributed by atoms with Crippen LogP contribution in [0, 0.1) is 5.92 Å². The second kappa shape index (κ2) is 8.32. The van der Waals surface area contributed by atoms with Crippen molar-refractivity contribution in [1.29, 1.82) is 0 Å². The average molecular weight is 385 g/mol. The van der Waals surface area contributed by atoms with Gasteiger partial charge in [0.2, 0.25) is 0 Å². The van der Waals surface area contributed by atoms with Gasteiger partial charge >= 0.3 is 0 Å². The second-order valence-electron chi connectivity index (χ2n) is 7.50. The van der Waals surface area contributed by atoms with Crippen molar-refractivity contribution in [2.75, 3.05) is 19.6 Å². The summed E-state index contributed by atoms with van der Waals surface area (Å²) in [5.41, 5.74) is 0.706. The Bertz CT molecular complexity index is 781. The van der Waals surface area contributed by atoms with Crippen LogP contribution in [0.4, 0.5) is 0 Å². The maximum atomic E-state index is 12.7.